The van der Waals surface area contributed by atoms with E-state index in [0.717, 1.165) is 5.69 Å². The lowest BCUT2D eigenvalue weighted by molar-refractivity contribution is 0.0740. The maximum atomic E-state index is 12.8. The Bertz CT molecular complexity index is 1280. The van der Waals surface area contributed by atoms with Crippen molar-refractivity contribution in [2.45, 2.75) is 57.1 Å². The lowest BCUT2D eigenvalue weighted by atomic mass is 9.81. The Kier molecular flexibility index (Phi) is 8.93. The number of hydrogen-bond donors (Lipinski definition) is 4. The van der Waals surface area contributed by atoms with Crippen LogP contribution in [0, 0.1) is 0 Å². The van der Waals surface area contributed by atoms with Crippen molar-refractivity contribution in [3.63, 3.8) is 0 Å². The van der Waals surface area contributed by atoms with E-state index in [1.807, 2.05) is 12.1 Å². The Labute approximate surface area is 230 Å². The van der Waals surface area contributed by atoms with Gasteiger partial charge in [-0.05, 0) is 89.4 Å². The van der Waals surface area contributed by atoms with E-state index < -0.39 is 5.60 Å². The van der Waals surface area contributed by atoms with Gasteiger partial charge in [-0.2, -0.15) is 4.98 Å². The molecule has 1 aromatic carbocycles. The number of nitrogens with one attached hydrogen (secondary N) is 3. The fourth-order valence-corrected chi connectivity index (χ4v) is 4.82. The summed E-state index contributed by atoms with van der Waals surface area (Å²) in [6.45, 7) is 7.30. The van der Waals surface area contributed by atoms with Crippen LogP contribution in [0.2, 0.25) is 0 Å². The van der Waals surface area contributed by atoms with Crippen LogP contribution in [0.1, 0.15) is 67.1 Å². The second-order valence-corrected chi connectivity index (χ2v) is 10.8. The zero-order chi connectivity index (χ0) is 28.0. The van der Waals surface area contributed by atoms with E-state index in [0.29, 0.717) is 41.8 Å². The number of amides is 1. The van der Waals surface area contributed by atoms with Crippen molar-refractivity contribution in [1.29, 1.82) is 0 Å². The number of hydrogen-bond acceptors (Lipinski definition) is 8. The summed E-state index contributed by atoms with van der Waals surface area (Å²) < 4.78 is 0. The summed E-state index contributed by atoms with van der Waals surface area (Å²) in [5.41, 5.74) is 1.86. The quantitative estimate of drug-likeness (QED) is 0.269. The van der Waals surface area contributed by atoms with E-state index in [9.17, 15) is 9.90 Å². The first-order valence-electron chi connectivity index (χ1n) is 13.4. The standard InChI is InChI=1S/C30H39N7O2/c1-6-18-31-28(38)24-19-32-29(36-27(24)35-26-9-7-8-25(34-26)30(2,3)39)33-22-14-10-20(11-15-22)21-12-16-23(17-13-21)37(4)5/h6-11,14-15,19,21,23,39H,1,12-13,16-18H2,2-5H3,(H,31,38)(H2,32,33,34,35,36)/t21-,23+. The van der Waals surface area contributed by atoms with Crippen LogP contribution in [-0.4, -0.2) is 57.5 Å². The lowest BCUT2D eigenvalue weighted by Gasteiger charge is -2.32. The average Bonchev–Trinajstić information content (AvgIpc) is 2.92. The molecule has 206 valence electrons. The third kappa shape index (κ3) is 7.40. The van der Waals surface area contributed by atoms with E-state index in [2.05, 4.69) is 68.6 Å². The molecule has 1 amide bonds. The normalized spacial score (nSPS) is 17.5. The summed E-state index contributed by atoms with van der Waals surface area (Å²) in [5, 5.41) is 19.5. The van der Waals surface area contributed by atoms with Crippen molar-refractivity contribution in [1.82, 2.24) is 25.2 Å². The summed E-state index contributed by atoms with van der Waals surface area (Å²) in [6, 6.07) is 14.4. The molecule has 0 spiro atoms. The van der Waals surface area contributed by atoms with Gasteiger partial charge in [-0.1, -0.05) is 24.3 Å². The van der Waals surface area contributed by atoms with Crippen LogP contribution in [0.3, 0.4) is 0 Å². The molecule has 0 atom stereocenters. The molecule has 0 unspecified atom stereocenters. The number of anilines is 4. The Morgan fingerprint density at radius 1 is 1.08 bits per heavy atom. The van der Waals surface area contributed by atoms with Gasteiger partial charge in [0.25, 0.3) is 5.91 Å². The number of carbonyl (C=O) groups is 1. The molecule has 4 rings (SSSR count). The SMILES string of the molecule is C=CCNC(=O)c1cnc(Nc2ccc([C@H]3CC[C@@H](N(C)C)CC3)cc2)nc1Nc1cccc(C(C)(C)O)n1. The van der Waals surface area contributed by atoms with Gasteiger partial charge in [0.05, 0.1) is 5.69 Å². The number of pyridine rings is 1. The van der Waals surface area contributed by atoms with E-state index >= 15 is 0 Å². The molecular formula is C30H39N7O2. The van der Waals surface area contributed by atoms with Gasteiger partial charge in [-0.15, -0.1) is 6.58 Å². The molecule has 3 aromatic rings. The molecule has 39 heavy (non-hydrogen) atoms. The molecular weight excluding hydrogens is 490 g/mol. The average molecular weight is 530 g/mol. The molecule has 2 aromatic heterocycles. The highest BCUT2D eigenvalue weighted by atomic mass is 16.3. The van der Waals surface area contributed by atoms with E-state index in [-0.39, 0.29) is 11.5 Å². The third-order valence-corrected chi connectivity index (χ3v) is 7.13. The highest BCUT2D eigenvalue weighted by molar-refractivity contribution is 5.99. The van der Waals surface area contributed by atoms with Gasteiger partial charge in [0.2, 0.25) is 5.95 Å². The molecule has 1 aliphatic rings. The summed E-state index contributed by atoms with van der Waals surface area (Å²) in [5.74, 6) is 1.34. The molecule has 1 aliphatic carbocycles. The first-order chi connectivity index (χ1) is 18.6. The second kappa shape index (κ2) is 12.4. The minimum atomic E-state index is -1.11. The molecule has 0 saturated heterocycles. The molecule has 9 nitrogen and oxygen atoms in total. The predicted octanol–water partition coefficient (Wildman–Crippen LogP) is 5.09. The first kappa shape index (κ1) is 28.2. The highest BCUT2D eigenvalue weighted by Gasteiger charge is 2.24. The largest absolute Gasteiger partial charge is 0.384 e. The van der Waals surface area contributed by atoms with E-state index in [1.54, 1.807) is 38.1 Å². The minimum absolute atomic E-state index is 0.265. The van der Waals surface area contributed by atoms with Crippen molar-refractivity contribution in [3.05, 3.63) is 78.1 Å². The fraction of sp³-hybridized carbons (Fsp3) is 0.400. The molecule has 1 fully saturated rings. The fourth-order valence-electron chi connectivity index (χ4n) is 4.82. The van der Waals surface area contributed by atoms with Gasteiger partial charge in [-0.25, -0.2) is 9.97 Å². The first-order valence-corrected chi connectivity index (χ1v) is 13.4. The second-order valence-electron chi connectivity index (χ2n) is 10.8. The maximum absolute atomic E-state index is 12.8. The smallest absolute Gasteiger partial charge is 0.256 e. The summed E-state index contributed by atoms with van der Waals surface area (Å²) in [4.78, 5) is 28.6. The van der Waals surface area contributed by atoms with Crippen LogP contribution in [0.15, 0.2) is 61.3 Å². The van der Waals surface area contributed by atoms with Crippen LogP contribution in [-0.2, 0) is 5.60 Å². The molecule has 1 saturated carbocycles. The molecule has 0 radical (unpaired) electrons. The van der Waals surface area contributed by atoms with Crippen molar-refractivity contribution in [2.75, 3.05) is 31.3 Å². The predicted molar refractivity (Wildman–Crippen MR) is 156 cm³/mol. The molecule has 4 N–H and O–H groups in total. The molecule has 0 aliphatic heterocycles. The zero-order valence-corrected chi connectivity index (χ0v) is 23.2. The molecule has 2 heterocycles. The Hall–Kier alpha value is -3.82. The highest BCUT2D eigenvalue weighted by Crippen LogP contribution is 2.35. The third-order valence-electron chi connectivity index (χ3n) is 7.13. The van der Waals surface area contributed by atoms with Crippen molar-refractivity contribution in [3.8, 4) is 0 Å². The van der Waals surface area contributed by atoms with Crippen molar-refractivity contribution < 1.29 is 9.90 Å². The summed E-state index contributed by atoms with van der Waals surface area (Å²) >= 11 is 0. The number of carbonyl (C=O) groups excluding carboxylic acids is 1. The van der Waals surface area contributed by atoms with Gasteiger partial charge >= 0.3 is 0 Å². The van der Waals surface area contributed by atoms with E-state index in [1.165, 1.54) is 37.4 Å². The Morgan fingerprint density at radius 2 is 1.79 bits per heavy atom. The van der Waals surface area contributed by atoms with E-state index in [4.69, 9.17) is 0 Å². The van der Waals surface area contributed by atoms with Crippen molar-refractivity contribution in [2.24, 2.45) is 0 Å². The summed E-state index contributed by atoms with van der Waals surface area (Å²) in [7, 11) is 4.33. The van der Waals surface area contributed by atoms with Gasteiger partial charge in [0, 0.05) is 24.5 Å². The van der Waals surface area contributed by atoms with Crippen LogP contribution < -0.4 is 16.0 Å². The van der Waals surface area contributed by atoms with Crippen LogP contribution in [0.4, 0.5) is 23.3 Å². The van der Waals surface area contributed by atoms with Crippen molar-refractivity contribution >= 4 is 29.2 Å². The maximum Gasteiger partial charge on any atom is 0.256 e. The van der Waals surface area contributed by atoms with Crippen LogP contribution in [0.25, 0.3) is 0 Å². The van der Waals surface area contributed by atoms with Crippen LogP contribution in [0.5, 0.6) is 0 Å². The minimum Gasteiger partial charge on any atom is -0.384 e. The Morgan fingerprint density at radius 3 is 2.44 bits per heavy atom. The molecule has 9 heteroatoms. The Balaban J connectivity index is 1.52. The lowest BCUT2D eigenvalue weighted by Crippen LogP contribution is -2.31. The van der Waals surface area contributed by atoms with Gasteiger partial charge in [0.1, 0.15) is 22.8 Å². The topological polar surface area (TPSA) is 115 Å². The number of benzene rings is 1. The van der Waals surface area contributed by atoms with Gasteiger partial charge in [0.15, 0.2) is 0 Å². The monoisotopic (exact) mass is 529 g/mol. The summed E-state index contributed by atoms with van der Waals surface area (Å²) in [6.07, 6.45) is 7.93. The van der Waals surface area contributed by atoms with Gasteiger partial charge < -0.3 is 26.0 Å². The zero-order valence-electron chi connectivity index (χ0n) is 23.2. The number of nitrogens with zero attached hydrogens (tertiary/aromatic N) is 4. The number of aromatic nitrogens is 3. The number of rotatable bonds is 10. The van der Waals surface area contributed by atoms with Gasteiger partial charge in [-0.3, -0.25) is 4.79 Å². The van der Waals surface area contributed by atoms with Crippen LogP contribution >= 0.6 is 0 Å². The molecule has 0 bridgehead atoms. The number of aliphatic hydroxyl groups is 1.